The van der Waals surface area contributed by atoms with Gasteiger partial charge in [-0.05, 0) is 23.9 Å². The molecule has 0 fully saturated rings. The first-order chi connectivity index (χ1) is 7.81. The van der Waals surface area contributed by atoms with Gasteiger partial charge in [0, 0.05) is 4.70 Å². The van der Waals surface area contributed by atoms with Gasteiger partial charge < -0.3 is 4.74 Å². The number of rotatable bonds is 4. The minimum absolute atomic E-state index is 0.199. The molecule has 0 aliphatic rings. The predicted octanol–water partition coefficient (Wildman–Crippen LogP) is 3.86. The summed E-state index contributed by atoms with van der Waals surface area (Å²) in [6.07, 6.45) is 1.97. The van der Waals surface area contributed by atoms with Gasteiger partial charge in [-0.25, -0.2) is 4.79 Å². The topological polar surface area (TPSA) is 26.3 Å². The summed E-state index contributed by atoms with van der Waals surface area (Å²) in [6.45, 7) is 2.59. The summed E-state index contributed by atoms with van der Waals surface area (Å²) < 4.78 is 6.30. The fourth-order valence-corrected chi connectivity index (χ4v) is 2.42. The normalized spacial score (nSPS) is 10.6. The molecule has 16 heavy (non-hydrogen) atoms. The van der Waals surface area contributed by atoms with E-state index in [1.54, 1.807) is 0 Å². The zero-order valence-electron chi connectivity index (χ0n) is 9.23. The summed E-state index contributed by atoms with van der Waals surface area (Å²) >= 11 is 1.49. The molecule has 1 aromatic heterocycles. The van der Waals surface area contributed by atoms with E-state index in [4.69, 9.17) is 4.74 Å². The van der Waals surface area contributed by atoms with E-state index in [-0.39, 0.29) is 5.97 Å². The molecule has 0 amide bonds. The second kappa shape index (κ2) is 5.12. The van der Waals surface area contributed by atoms with E-state index >= 15 is 0 Å². The minimum Gasteiger partial charge on any atom is -0.462 e. The molecule has 0 saturated heterocycles. The van der Waals surface area contributed by atoms with Crippen molar-refractivity contribution < 1.29 is 9.53 Å². The van der Waals surface area contributed by atoms with Crippen molar-refractivity contribution in [2.75, 3.05) is 6.61 Å². The van der Waals surface area contributed by atoms with E-state index in [0.717, 1.165) is 22.9 Å². The first-order valence-corrected chi connectivity index (χ1v) is 6.28. The monoisotopic (exact) mass is 234 g/mol. The standard InChI is InChI=1S/C13H14O2S/c1-2-3-8-15-13(14)12-9-10-6-4-5-7-11(10)16-12/h4-7,9H,2-3,8H2,1H3. The molecule has 0 saturated carbocycles. The smallest absolute Gasteiger partial charge is 0.348 e. The maximum absolute atomic E-state index is 11.7. The Bertz CT molecular complexity index is 454. The van der Waals surface area contributed by atoms with Crippen molar-refractivity contribution in [3.8, 4) is 0 Å². The Balaban J connectivity index is 2.11. The molecule has 2 aromatic rings. The highest BCUT2D eigenvalue weighted by molar-refractivity contribution is 7.20. The molecule has 0 aliphatic carbocycles. The van der Waals surface area contributed by atoms with Crippen molar-refractivity contribution in [2.24, 2.45) is 0 Å². The lowest BCUT2D eigenvalue weighted by atomic mass is 10.2. The Kier molecular flexibility index (Phi) is 3.57. The van der Waals surface area contributed by atoms with Gasteiger partial charge in [-0.15, -0.1) is 11.3 Å². The largest absolute Gasteiger partial charge is 0.462 e. The molecule has 3 heteroatoms. The number of carbonyl (C=O) groups excluding carboxylic acids is 1. The fourth-order valence-electron chi connectivity index (χ4n) is 1.46. The van der Waals surface area contributed by atoms with Crippen LogP contribution in [-0.4, -0.2) is 12.6 Å². The molecular weight excluding hydrogens is 220 g/mol. The minimum atomic E-state index is -0.199. The summed E-state index contributed by atoms with van der Waals surface area (Å²) in [4.78, 5) is 12.4. The lowest BCUT2D eigenvalue weighted by Gasteiger charge is -2.00. The predicted molar refractivity (Wildman–Crippen MR) is 67.0 cm³/mol. The van der Waals surface area contributed by atoms with E-state index in [1.165, 1.54) is 11.3 Å². The van der Waals surface area contributed by atoms with Gasteiger partial charge in [0.15, 0.2) is 0 Å². The first kappa shape index (κ1) is 11.1. The van der Waals surface area contributed by atoms with E-state index in [9.17, 15) is 4.79 Å². The second-order valence-corrected chi connectivity index (χ2v) is 4.72. The number of benzene rings is 1. The number of thiophene rings is 1. The molecular formula is C13H14O2S. The Morgan fingerprint density at radius 2 is 2.19 bits per heavy atom. The number of hydrogen-bond acceptors (Lipinski definition) is 3. The third-order valence-corrected chi connectivity index (χ3v) is 3.45. The van der Waals surface area contributed by atoms with Crippen LogP contribution in [0.15, 0.2) is 30.3 Å². The van der Waals surface area contributed by atoms with Crippen LogP contribution in [-0.2, 0) is 4.74 Å². The average Bonchev–Trinajstić information content (AvgIpc) is 2.73. The summed E-state index contributed by atoms with van der Waals surface area (Å²) in [5.74, 6) is -0.199. The summed E-state index contributed by atoms with van der Waals surface area (Å²) in [7, 11) is 0. The van der Waals surface area contributed by atoms with Gasteiger partial charge >= 0.3 is 5.97 Å². The van der Waals surface area contributed by atoms with Crippen molar-refractivity contribution in [1.29, 1.82) is 0 Å². The second-order valence-electron chi connectivity index (χ2n) is 3.64. The Morgan fingerprint density at radius 1 is 1.38 bits per heavy atom. The van der Waals surface area contributed by atoms with E-state index in [2.05, 4.69) is 6.92 Å². The van der Waals surface area contributed by atoms with Gasteiger partial charge in [-0.1, -0.05) is 31.5 Å². The quantitative estimate of drug-likeness (QED) is 0.593. The van der Waals surface area contributed by atoms with Crippen LogP contribution in [0.25, 0.3) is 10.1 Å². The van der Waals surface area contributed by atoms with Crippen molar-refractivity contribution in [2.45, 2.75) is 19.8 Å². The maximum Gasteiger partial charge on any atom is 0.348 e. The highest BCUT2D eigenvalue weighted by Crippen LogP contribution is 2.25. The fraction of sp³-hybridized carbons (Fsp3) is 0.308. The molecule has 1 heterocycles. The van der Waals surface area contributed by atoms with Crippen LogP contribution < -0.4 is 0 Å². The van der Waals surface area contributed by atoms with Gasteiger partial charge in [-0.2, -0.15) is 0 Å². The van der Waals surface area contributed by atoms with E-state index in [1.807, 2.05) is 30.3 Å². The lowest BCUT2D eigenvalue weighted by Crippen LogP contribution is -2.03. The molecule has 0 bridgehead atoms. The highest BCUT2D eigenvalue weighted by atomic mass is 32.1. The van der Waals surface area contributed by atoms with E-state index in [0.29, 0.717) is 11.5 Å². The maximum atomic E-state index is 11.7. The van der Waals surface area contributed by atoms with Crippen molar-refractivity contribution in [3.05, 3.63) is 35.2 Å². The SMILES string of the molecule is CCCCOC(=O)c1cc2ccccc2s1. The van der Waals surface area contributed by atoms with Gasteiger partial charge in [0.2, 0.25) is 0 Å². The lowest BCUT2D eigenvalue weighted by molar-refractivity contribution is 0.0505. The average molecular weight is 234 g/mol. The highest BCUT2D eigenvalue weighted by Gasteiger charge is 2.10. The van der Waals surface area contributed by atoms with Crippen LogP contribution in [0.2, 0.25) is 0 Å². The van der Waals surface area contributed by atoms with Crippen LogP contribution in [0, 0.1) is 0 Å². The summed E-state index contributed by atoms with van der Waals surface area (Å²) in [5, 5.41) is 1.11. The molecule has 0 unspecified atom stereocenters. The van der Waals surface area contributed by atoms with Crippen LogP contribution in [0.1, 0.15) is 29.4 Å². The Labute approximate surface area is 98.9 Å². The molecule has 0 N–H and O–H groups in total. The molecule has 0 aliphatic heterocycles. The molecule has 2 rings (SSSR count). The summed E-state index contributed by atoms with van der Waals surface area (Å²) in [5.41, 5.74) is 0. The zero-order chi connectivity index (χ0) is 11.4. The van der Waals surface area contributed by atoms with Gasteiger partial charge in [-0.3, -0.25) is 0 Å². The van der Waals surface area contributed by atoms with Gasteiger partial charge in [0.05, 0.1) is 6.61 Å². The molecule has 0 spiro atoms. The van der Waals surface area contributed by atoms with Gasteiger partial charge in [0.1, 0.15) is 4.88 Å². The molecule has 0 atom stereocenters. The van der Waals surface area contributed by atoms with E-state index < -0.39 is 0 Å². The van der Waals surface area contributed by atoms with Gasteiger partial charge in [0.25, 0.3) is 0 Å². The molecule has 2 nitrogen and oxygen atoms in total. The zero-order valence-corrected chi connectivity index (χ0v) is 10.0. The van der Waals surface area contributed by atoms with Crippen LogP contribution >= 0.6 is 11.3 Å². The number of hydrogen-bond donors (Lipinski definition) is 0. The number of fused-ring (bicyclic) bond motifs is 1. The Morgan fingerprint density at radius 3 is 2.94 bits per heavy atom. The van der Waals surface area contributed by atoms with Crippen molar-refractivity contribution >= 4 is 27.4 Å². The number of carbonyl (C=O) groups is 1. The number of unbranched alkanes of at least 4 members (excludes halogenated alkanes) is 1. The molecule has 84 valence electrons. The number of ether oxygens (including phenoxy) is 1. The third kappa shape index (κ3) is 2.42. The molecule has 1 aromatic carbocycles. The summed E-state index contributed by atoms with van der Waals surface area (Å²) in [6, 6.07) is 9.87. The van der Waals surface area contributed by atoms with Crippen molar-refractivity contribution in [3.63, 3.8) is 0 Å². The molecule has 0 radical (unpaired) electrons. The van der Waals surface area contributed by atoms with Crippen LogP contribution in [0.5, 0.6) is 0 Å². The van der Waals surface area contributed by atoms with Crippen LogP contribution in [0.4, 0.5) is 0 Å². The number of esters is 1. The third-order valence-electron chi connectivity index (χ3n) is 2.36. The van der Waals surface area contributed by atoms with Crippen molar-refractivity contribution in [1.82, 2.24) is 0 Å². The Hall–Kier alpha value is -1.35. The van der Waals surface area contributed by atoms with Crippen LogP contribution in [0.3, 0.4) is 0 Å². The first-order valence-electron chi connectivity index (χ1n) is 5.47.